The Labute approximate surface area is 65.3 Å². The third kappa shape index (κ3) is 1.34. The van der Waals surface area contributed by atoms with Crippen molar-refractivity contribution in [2.75, 3.05) is 0 Å². The van der Waals surface area contributed by atoms with E-state index in [0.717, 1.165) is 12.1 Å². The standard InChI is InChI=1S/C9H9N2/c1-3-8(10-5-1)7-9-4-2-6-11-9/h1-6,10H,7H2/q-1. The quantitative estimate of drug-likeness (QED) is 0.682. The van der Waals surface area contributed by atoms with Gasteiger partial charge in [-0.3, -0.25) is 0 Å². The Kier molecular flexibility index (Phi) is 1.52. The molecule has 0 radical (unpaired) electrons. The number of H-pyrrole nitrogens is 1. The van der Waals surface area contributed by atoms with E-state index in [-0.39, 0.29) is 0 Å². The van der Waals surface area contributed by atoms with Crippen LogP contribution in [0.4, 0.5) is 0 Å². The molecule has 0 bridgehead atoms. The van der Waals surface area contributed by atoms with Crippen LogP contribution < -0.4 is 4.98 Å². The van der Waals surface area contributed by atoms with E-state index in [4.69, 9.17) is 0 Å². The van der Waals surface area contributed by atoms with Crippen LogP contribution in [0.25, 0.3) is 0 Å². The zero-order valence-corrected chi connectivity index (χ0v) is 6.12. The minimum Gasteiger partial charge on any atom is -0.667 e. The summed E-state index contributed by atoms with van der Waals surface area (Å²) < 4.78 is 0. The summed E-state index contributed by atoms with van der Waals surface area (Å²) in [6.07, 6.45) is 4.65. The van der Waals surface area contributed by atoms with Gasteiger partial charge >= 0.3 is 0 Å². The van der Waals surface area contributed by atoms with Gasteiger partial charge in [-0.05, 0) is 18.6 Å². The molecule has 2 aromatic heterocycles. The molecule has 0 aliphatic rings. The van der Waals surface area contributed by atoms with Crippen molar-refractivity contribution in [1.29, 1.82) is 0 Å². The predicted molar refractivity (Wildman–Crippen MR) is 43.4 cm³/mol. The van der Waals surface area contributed by atoms with Crippen LogP contribution in [0.2, 0.25) is 0 Å². The fraction of sp³-hybridized carbons (Fsp3) is 0.111. The highest BCUT2D eigenvalue weighted by Crippen LogP contribution is 2.02. The summed E-state index contributed by atoms with van der Waals surface area (Å²) in [5.41, 5.74) is 2.33. The van der Waals surface area contributed by atoms with Crippen LogP contribution in [0, 0.1) is 0 Å². The van der Waals surface area contributed by atoms with Gasteiger partial charge in [-0.15, -0.1) is 0 Å². The van der Waals surface area contributed by atoms with Gasteiger partial charge in [-0.1, -0.05) is 12.1 Å². The van der Waals surface area contributed by atoms with Gasteiger partial charge in [0.05, 0.1) is 0 Å². The Morgan fingerprint density at radius 2 is 2.27 bits per heavy atom. The fourth-order valence-corrected chi connectivity index (χ4v) is 1.11. The van der Waals surface area contributed by atoms with E-state index >= 15 is 0 Å². The zero-order chi connectivity index (χ0) is 7.52. The maximum atomic E-state index is 4.17. The normalized spacial score (nSPS) is 10.2. The van der Waals surface area contributed by atoms with Crippen molar-refractivity contribution in [1.82, 2.24) is 9.97 Å². The van der Waals surface area contributed by atoms with Gasteiger partial charge in [0, 0.05) is 11.9 Å². The van der Waals surface area contributed by atoms with Crippen molar-refractivity contribution < 1.29 is 0 Å². The minimum atomic E-state index is 0.903. The molecule has 0 amide bonds. The zero-order valence-electron chi connectivity index (χ0n) is 6.12. The molecular formula is C9H9N2-. The second-order valence-electron chi connectivity index (χ2n) is 2.50. The molecule has 0 aliphatic heterocycles. The number of nitrogens with zero attached hydrogens (tertiary/aromatic N) is 1. The lowest BCUT2D eigenvalue weighted by Crippen LogP contribution is -1.88. The van der Waals surface area contributed by atoms with Crippen molar-refractivity contribution in [3.8, 4) is 0 Å². The van der Waals surface area contributed by atoms with Gasteiger partial charge < -0.3 is 9.97 Å². The van der Waals surface area contributed by atoms with E-state index in [9.17, 15) is 0 Å². The van der Waals surface area contributed by atoms with Crippen LogP contribution in [0.3, 0.4) is 0 Å². The van der Waals surface area contributed by atoms with E-state index in [1.807, 2.05) is 30.6 Å². The summed E-state index contributed by atoms with van der Waals surface area (Å²) >= 11 is 0. The Bertz CT molecular complexity index is 260. The van der Waals surface area contributed by atoms with Crippen molar-refractivity contribution in [3.63, 3.8) is 0 Å². The Hall–Kier alpha value is -1.44. The summed E-state index contributed by atoms with van der Waals surface area (Å²) in [4.78, 5) is 7.31. The molecule has 11 heavy (non-hydrogen) atoms. The average molecular weight is 145 g/mol. The summed E-state index contributed by atoms with van der Waals surface area (Å²) in [6, 6.07) is 8.05. The smallest absolute Gasteiger partial charge is 0.0173 e. The summed E-state index contributed by atoms with van der Waals surface area (Å²) in [5.74, 6) is 0. The third-order valence-electron chi connectivity index (χ3n) is 1.65. The van der Waals surface area contributed by atoms with Crippen molar-refractivity contribution in [3.05, 3.63) is 48.0 Å². The highest BCUT2D eigenvalue weighted by Gasteiger charge is 1.88. The van der Waals surface area contributed by atoms with E-state index in [2.05, 4.69) is 16.0 Å². The van der Waals surface area contributed by atoms with Gasteiger partial charge in [0.25, 0.3) is 0 Å². The molecule has 1 N–H and O–H groups in total. The number of hydrogen-bond acceptors (Lipinski definition) is 0. The molecular weight excluding hydrogens is 136 g/mol. The lowest BCUT2D eigenvalue weighted by Gasteiger charge is -2.02. The molecule has 2 heterocycles. The van der Waals surface area contributed by atoms with E-state index in [0.29, 0.717) is 0 Å². The highest BCUT2D eigenvalue weighted by molar-refractivity contribution is 5.14. The SMILES string of the molecule is c1c[n-]c(Cc2ccc[nH]2)c1. The number of hydrogen-bond donors (Lipinski definition) is 1. The van der Waals surface area contributed by atoms with Crippen LogP contribution in [-0.2, 0) is 6.42 Å². The number of aromatic nitrogens is 2. The highest BCUT2D eigenvalue weighted by atomic mass is 14.7. The van der Waals surface area contributed by atoms with Crippen molar-refractivity contribution in [2.45, 2.75) is 6.42 Å². The molecule has 0 atom stereocenters. The Morgan fingerprint density at radius 3 is 2.91 bits per heavy atom. The molecule has 0 unspecified atom stereocenters. The molecule has 0 saturated carbocycles. The molecule has 2 aromatic rings. The number of aromatic amines is 1. The van der Waals surface area contributed by atoms with Crippen LogP contribution in [0.5, 0.6) is 0 Å². The fourth-order valence-electron chi connectivity index (χ4n) is 1.11. The molecule has 2 heteroatoms. The van der Waals surface area contributed by atoms with Crippen LogP contribution in [0.15, 0.2) is 36.7 Å². The van der Waals surface area contributed by atoms with Crippen molar-refractivity contribution >= 4 is 0 Å². The molecule has 2 rings (SSSR count). The maximum Gasteiger partial charge on any atom is 0.0173 e. The van der Waals surface area contributed by atoms with E-state index in [1.165, 1.54) is 5.69 Å². The summed E-state index contributed by atoms with van der Waals surface area (Å²) in [7, 11) is 0. The first kappa shape index (κ1) is 6.28. The minimum absolute atomic E-state index is 0.903. The third-order valence-corrected chi connectivity index (χ3v) is 1.65. The predicted octanol–water partition coefficient (Wildman–Crippen LogP) is 1.56. The summed E-state index contributed by atoms with van der Waals surface area (Å²) in [5, 5.41) is 0. The van der Waals surface area contributed by atoms with E-state index < -0.39 is 0 Å². The van der Waals surface area contributed by atoms with Gasteiger partial charge in [0.2, 0.25) is 0 Å². The van der Waals surface area contributed by atoms with Crippen LogP contribution >= 0.6 is 0 Å². The van der Waals surface area contributed by atoms with Gasteiger partial charge in [0.15, 0.2) is 0 Å². The Balaban J connectivity index is 2.14. The summed E-state index contributed by atoms with van der Waals surface area (Å²) in [6.45, 7) is 0. The molecule has 0 saturated heterocycles. The van der Waals surface area contributed by atoms with Crippen molar-refractivity contribution in [2.24, 2.45) is 0 Å². The number of nitrogens with one attached hydrogen (secondary N) is 1. The maximum absolute atomic E-state index is 4.17. The van der Waals surface area contributed by atoms with E-state index in [1.54, 1.807) is 0 Å². The second kappa shape index (κ2) is 2.66. The second-order valence-corrected chi connectivity index (χ2v) is 2.50. The Morgan fingerprint density at radius 1 is 1.27 bits per heavy atom. The largest absolute Gasteiger partial charge is 0.667 e. The molecule has 56 valence electrons. The van der Waals surface area contributed by atoms with Gasteiger partial charge in [-0.25, -0.2) is 0 Å². The lowest BCUT2D eigenvalue weighted by atomic mass is 10.2. The van der Waals surface area contributed by atoms with Crippen LogP contribution in [0.1, 0.15) is 11.4 Å². The first-order valence-corrected chi connectivity index (χ1v) is 3.64. The van der Waals surface area contributed by atoms with Gasteiger partial charge in [-0.2, -0.15) is 11.9 Å². The van der Waals surface area contributed by atoms with Crippen LogP contribution in [-0.4, -0.2) is 4.98 Å². The van der Waals surface area contributed by atoms with Gasteiger partial charge in [0.1, 0.15) is 0 Å². The monoisotopic (exact) mass is 145 g/mol. The molecule has 0 fully saturated rings. The first-order chi connectivity index (χ1) is 5.45. The molecule has 0 aliphatic carbocycles. The lowest BCUT2D eigenvalue weighted by molar-refractivity contribution is 1.04. The molecule has 2 nitrogen and oxygen atoms in total. The average Bonchev–Trinajstić information content (AvgIpc) is 2.60. The molecule has 0 aromatic carbocycles. The number of rotatable bonds is 2. The first-order valence-electron chi connectivity index (χ1n) is 3.64. The molecule has 0 spiro atoms. The topological polar surface area (TPSA) is 29.9 Å².